The summed E-state index contributed by atoms with van der Waals surface area (Å²) in [6, 6.07) is 15.0. The number of urea groups is 1. The molecule has 3 aromatic rings. The first-order valence-corrected chi connectivity index (χ1v) is 11.3. The summed E-state index contributed by atoms with van der Waals surface area (Å²) in [5, 5.41) is 6.00. The van der Waals surface area contributed by atoms with Gasteiger partial charge in [-0.3, -0.25) is 4.98 Å². The molecule has 2 aromatic carbocycles. The van der Waals surface area contributed by atoms with E-state index in [9.17, 15) is 22.4 Å². The number of carbonyl (C=O) groups is 1. The Kier molecular flexibility index (Phi) is 6.74. The highest BCUT2D eigenvalue weighted by molar-refractivity contribution is 6.30. The molecular weight excluding hydrogens is 502 g/mol. The number of pyridine rings is 1. The van der Waals surface area contributed by atoms with Crippen LogP contribution in [-0.2, 0) is 12.0 Å². The van der Waals surface area contributed by atoms with Gasteiger partial charge in [0.2, 0.25) is 0 Å². The van der Waals surface area contributed by atoms with Gasteiger partial charge >= 0.3 is 18.2 Å². The van der Waals surface area contributed by atoms with Crippen molar-refractivity contribution in [2.45, 2.75) is 44.1 Å². The van der Waals surface area contributed by atoms with Gasteiger partial charge in [-0.15, -0.1) is 0 Å². The minimum absolute atomic E-state index is 0.125. The van der Waals surface area contributed by atoms with Crippen LogP contribution in [0.25, 0.3) is 0 Å². The number of nitrogens with zero attached hydrogens (tertiary/aromatic N) is 1. The van der Waals surface area contributed by atoms with Crippen molar-refractivity contribution in [2.24, 2.45) is 0 Å². The predicted molar refractivity (Wildman–Crippen MR) is 125 cm³/mol. The molecule has 0 spiro atoms. The number of alkyl halides is 4. The van der Waals surface area contributed by atoms with Crippen LogP contribution in [0.4, 0.5) is 22.4 Å². The molecule has 0 unspecified atom stereocenters. The fraction of sp³-hybridized carbons (Fsp3) is 0.280. The Labute approximate surface area is 209 Å². The second-order valence-electron chi connectivity index (χ2n) is 8.58. The number of amides is 2. The molecule has 36 heavy (non-hydrogen) atoms. The number of ether oxygens (including phenoxy) is 2. The van der Waals surface area contributed by atoms with Crippen LogP contribution in [0.2, 0.25) is 5.02 Å². The van der Waals surface area contributed by atoms with Gasteiger partial charge in [-0.2, -0.15) is 17.6 Å². The smallest absolute Gasteiger partial charge is 0.421 e. The topological polar surface area (TPSA) is 72.5 Å². The van der Waals surface area contributed by atoms with Crippen LogP contribution in [0.5, 0.6) is 11.5 Å². The first kappa shape index (κ1) is 25.6. The Bertz CT molecular complexity index is 1240. The standard InChI is InChI=1S/C25H22ClF4N3O3/c1-15(2)32-22(34)33-23(13-16-6-4-3-5-7-16,21-11-9-18(26)14-31-21)17-8-10-19-20(12-17)36-25(29,30)24(27,28)35-19/h3-12,14-15H,13H2,1-2H3,(H2,32,33,34)/t23-/m0/s1. The molecule has 0 saturated carbocycles. The Balaban J connectivity index is 1.91. The van der Waals surface area contributed by atoms with Crippen molar-refractivity contribution in [1.29, 1.82) is 0 Å². The van der Waals surface area contributed by atoms with E-state index in [-0.39, 0.29) is 18.0 Å². The van der Waals surface area contributed by atoms with Crippen molar-refractivity contribution in [2.75, 3.05) is 0 Å². The van der Waals surface area contributed by atoms with Crippen LogP contribution in [0.15, 0.2) is 66.9 Å². The fourth-order valence-corrected chi connectivity index (χ4v) is 3.99. The van der Waals surface area contributed by atoms with Crippen LogP contribution in [0.3, 0.4) is 0 Å². The van der Waals surface area contributed by atoms with Gasteiger partial charge in [0, 0.05) is 18.7 Å². The molecular formula is C25H22ClF4N3O3. The Morgan fingerprint density at radius 3 is 2.28 bits per heavy atom. The summed E-state index contributed by atoms with van der Waals surface area (Å²) in [5.41, 5.74) is -0.115. The van der Waals surface area contributed by atoms with Crippen molar-refractivity contribution < 1.29 is 31.8 Å². The molecule has 1 aliphatic heterocycles. The van der Waals surface area contributed by atoms with Crippen molar-refractivity contribution in [3.8, 4) is 11.5 Å². The van der Waals surface area contributed by atoms with E-state index in [0.717, 1.165) is 17.7 Å². The number of hydrogen-bond acceptors (Lipinski definition) is 4. The maximum atomic E-state index is 14.0. The number of aromatic nitrogens is 1. The van der Waals surface area contributed by atoms with Crippen molar-refractivity contribution in [1.82, 2.24) is 15.6 Å². The van der Waals surface area contributed by atoms with Crippen LogP contribution >= 0.6 is 11.6 Å². The lowest BCUT2D eigenvalue weighted by Gasteiger charge is -2.37. The van der Waals surface area contributed by atoms with Gasteiger partial charge < -0.3 is 20.1 Å². The number of nitrogens with one attached hydrogen (secondary N) is 2. The van der Waals surface area contributed by atoms with Gasteiger partial charge in [0.05, 0.1) is 10.7 Å². The lowest BCUT2D eigenvalue weighted by atomic mass is 9.80. The first-order chi connectivity index (χ1) is 16.9. The third-order valence-electron chi connectivity index (χ3n) is 5.48. The molecule has 2 N–H and O–H groups in total. The summed E-state index contributed by atoms with van der Waals surface area (Å²) < 4.78 is 63.9. The summed E-state index contributed by atoms with van der Waals surface area (Å²) in [6.07, 6.45) is -8.25. The highest BCUT2D eigenvalue weighted by Crippen LogP contribution is 2.48. The molecule has 4 rings (SSSR count). The van der Waals surface area contributed by atoms with E-state index in [1.54, 1.807) is 38.1 Å². The summed E-state index contributed by atoms with van der Waals surface area (Å²) in [6.45, 7) is 3.54. The van der Waals surface area contributed by atoms with Gasteiger partial charge in [0.1, 0.15) is 5.54 Å². The summed E-state index contributed by atoms with van der Waals surface area (Å²) in [4.78, 5) is 17.4. The number of rotatable bonds is 6. The van der Waals surface area contributed by atoms with Crippen molar-refractivity contribution in [3.05, 3.63) is 88.7 Å². The Morgan fingerprint density at radius 2 is 1.67 bits per heavy atom. The molecule has 2 heterocycles. The third-order valence-corrected chi connectivity index (χ3v) is 5.70. The lowest BCUT2D eigenvalue weighted by molar-refractivity contribution is -0.391. The SMILES string of the molecule is CC(C)NC(=O)N[C@@](Cc1ccccc1)(c1ccc2c(c1)OC(F)(F)C(F)(F)O2)c1ccc(Cl)cn1. The number of halogens is 5. The molecule has 190 valence electrons. The number of hydrogen-bond donors (Lipinski definition) is 2. The van der Waals surface area contributed by atoms with E-state index in [1.807, 2.05) is 18.2 Å². The zero-order valence-electron chi connectivity index (χ0n) is 19.2. The zero-order valence-corrected chi connectivity index (χ0v) is 20.0. The summed E-state index contributed by atoms with van der Waals surface area (Å²) >= 11 is 6.04. The molecule has 2 amide bonds. The summed E-state index contributed by atoms with van der Waals surface area (Å²) in [7, 11) is 0. The second-order valence-corrected chi connectivity index (χ2v) is 9.02. The first-order valence-electron chi connectivity index (χ1n) is 10.9. The third kappa shape index (κ3) is 5.04. The molecule has 1 aliphatic rings. The molecule has 0 radical (unpaired) electrons. The van der Waals surface area contributed by atoms with Crippen LogP contribution in [-0.4, -0.2) is 29.3 Å². The molecule has 0 fully saturated rings. The average molecular weight is 524 g/mol. The molecule has 0 bridgehead atoms. The van der Waals surface area contributed by atoms with E-state index >= 15 is 0 Å². The van der Waals surface area contributed by atoms with Gasteiger partial charge in [0.25, 0.3) is 0 Å². The minimum Gasteiger partial charge on any atom is -0.421 e. The van der Waals surface area contributed by atoms with E-state index in [0.29, 0.717) is 10.7 Å². The number of benzene rings is 2. The minimum atomic E-state index is -4.90. The van der Waals surface area contributed by atoms with E-state index < -0.39 is 35.3 Å². The molecule has 0 saturated heterocycles. The van der Waals surface area contributed by atoms with Crippen molar-refractivity contribution in [3.63, 3.8) is 0 Å². The van der Waals surface area contributed by atoms with Gasteiger partial charge in [-0.05, 0) is 49.2 Å². The summed E-state index contributed by atoms with van der Waals surface area (Å²) in [5.74, 6) is -1.18. The van der Waals surface area contributed by atoms with Crippen LogP contribution in [0.1, 0.15) is 30.7 Å². The van der Waals surface area contributed by atoms with Gasteiger partial charge in [-0.1, -0.05) is 48.0 Å². The van der Waals surface area contributed by atoms with E-state index in [1.165, 1.54) is 12.3 Å². The Morgan fingerprint density at radius 1 is 1.00 bits per heavy atom. The quantitative estimate of drug-likeness (QED) is 0.395. The molecule has 6 nitrogen and oxygen atoms in total. The van der Waals surface area contributed by atoms with Crippen LogP contribution in [0, 0.1) is 0 Å². The van der Waals surface area contributed by atoms with Crippen LogP contribution < -0.4 is 20.1 Å². The zero-order chi connectivity index (χ0) is 26.1. The van der Waals surface area contributed by atoms with E-state index in [2.05, 4.69) is 25.1 Å². The van der Waals surface area contributed by atoms with E-state index in [4.69, 9.17) is 11.6 Å². The highest BCUT2D eigenvalue weighted by atomic mass is 35.5. The maximum Gasteiger partial charge on any atom is 0.507 e. The fourth-order valence-electron chi connectivity index (χ4n) is 3.88. The maximum absolute atomic E-state index is 14.0. The highest BCUT2D eigenvalue weighted by Gasteiger charge is 2.66. The molecule has 1 aromatic heterocycles. The van der Waals surface area contributed by atoms with Gasteiger partial charge in [-0.25, -0.2) is 4.79 Å². The lowest BCUT2D eigenvalue weighted by Crippen LogP contribution is -2.54. The number of carbonyl (C=O) groups excluding carboxylic acids is 1. The average Bonchev–Trinajstić information content (AvgIpc) is 2.79. The normalized spacial score (nSPS) is 17.2. The monoisotopic (exact) mass is 523 g/mol. The largest absolute Gasteiger partial charge is 0.507 e. The second kappa shape index (κ2) is 9.50. The number of fused-ring (bicyclic) bond motifs is 1. The Hall–Kier alpha value is -3.53. The van der Waals surface area contributed by atoms with Gasteiger partial charge in [0.15, 0.2) is 11.5 Å². The molecule has 1 atom stereocenters. The molecule has 0 aliphatic carbocycles. The molecule has 11 heteroatoms. The van der Waals surface area contributed by atoms with Crippen molar-refractivity contribution >= 4 is 17.6 Å². The predicted octanol–water partition coefficient (Wildman–Crippen LogP) is 5.89.